The third-order valence-electron chi connectivity index (χ3n) is 2.27. The molecule has 0 amide bonds. The minimum absolute atomic E-state index is 0.785. The van der Waals surface area contributed by atoms with Gasteiger partial charge in [-0.1, -0.05) is 32.1 Å². The molecule has 0 aliphatic rings. The molecule has 0 aliphatic heterocycles. The Balaban J connectivity index is 2.23. The highest BCUT2D eigenvalue weighted by Gasteiger charge is 1.93. The molecule has 0 fully saturated rings. The van der Waals surface area contributed by atoms with Crippen LogP contribution in [-0.2, 0) is 0 Å². The Kier molecular flexibility index (Phi) is 5.40. The third kappa shape index (κ3) is 4.56. The lowest BCUT2D eigenvalue weighted by Gasteiger charge is -2.05. The number of benzene rings is 1. The summed E-state index contributed by atoms with van der Waals surface area (Å²) in [5, 5.41) is 0. The molecule has 0 bridgehead atoms. The van der Waals surface area contributed by atoms with Crippen LogP contribution in [0.15, 0.2) is 24.3 Å². The molecular formula is C14H17O. The van der Waals surface area contributed by atoms with Gasteiger partial charge in [0.2, 0.25) is 0 Å². The summed E-state index contributed by atoms with van der Waals surface area (Å²) in [4.78, 5) is 0. The van der Waals surface area contributed by atoms with E-state index in [4.69, 9.17) is 11.2 Å². The molecule has 0 heterocycles. The zero-order valence-electron chi connectivity index (χ0n) is 9.25. The highest BCUT2D eigenvalue weighted by Crippen LogP contribution is 2.12. The van der Waals surface area contributed by atoms with Gasteiger partial charge in [-0.15, -0.1) is 0 Å². The molecular weight excluding hydrogens is 184 g/mol. The average Bonchev–Trinajstić information content (AvgIpc) is 2.30. The van der Waals surface area contributed by atoms with Crippen molar-refractivity contribution in [3.8, 4) is 11.7 Å². The molecule has 0 aromatic heterocycles. The molecule has 15 heavy (non-hydrogen) atoms. The molecule has 79 valence electrons. The van der Waals surface area contributed by atoms with Crippen molar-refractivity contribution in [2.75, 3.05) is 6.61 Å². The molecule has 1 aromatic rings. The monoisotopic (exact) mass is 201 g/mol. The zero-order chi connectivity index (χ0) is 10.9. The summed E-state index contributed by atoms with van der Waals surface area (Å²) in [6.07, 6.45) is 11.8. The lowest BCUT2D eigenvalue weighted by molar-refractivity contribution is 0.305. The Hall–Kier alpha value is -1.42. The minimum atomic E-state index is 0.785. The van der Waals surface area contributed by atoms with E-state index in [2.05, 4.69) is 12.8 Å². The lowest BCUT2D eigenvalue weighted by atomic mass is 10.2. The molecule has 0 saturated carbocycles. The van der Waals surface area contributed by atoms with Crippen molar-refractivity contribution < 1.29 is 4.74 Å². The molecule has 0 aliphatic carbocycles. The summed E-state index contributed by atoms with van der Waals surface area (Å²) >= 11 is 0. The molecule has 1 nitrogen and oxygen atoms in total. The van der Waals surface area contributed by atoms with Crippen molar-refractivity contribution >= 4 is 0 Å². The second-order valence-electron chi connectivity index (χ2n) is 3.56. The fourth-order valence-corrected chi connectivity index (χ4v) is 1.35. The van der Waals surface area contributed by atoms with Gasteiger partial charge in [0.05, 0.1) is 6.61 Å². The minimum Gasteiger partial charge on any atom is -0.494 e. The van der Waals surface area contributed by atoms with Gasteiger partial charge in [-0.25, -0.2) is 0 Å². The standard InChI is InChI=1S/C14H17O/c1-3-5-6-7-12-15-14-10-8-13(4-2)9-11-14/h8-11H,3,5-7,12H2,1H3. The Morgan fingerprint density at radius 1 is 1.13 bits per heavy atom. The van der Waals surface area contributed by atoms with Gasteiger partial charge in [-0.05, 0) is 37.1 Å². The molecule has 1 heteroatoms. The van der Waals surface area contributed by atoms with Gasteiger partial charge in [-0.3, -0.25) is 0 Å². The van der Waals surface area contributed by atoms with Gasteiger partial charge in [0, 0.05) is 5.56 Å². The first kappa shape index (κ1) is 11.7. The largest absolute Gasteiger partial charge is 0.494 e. The maximum absolute atomic E-state index is 6.94. The van der Waals surface area contributed by atoms with Crippen LogP contribution >= 0.6 is 0 Å². The van der Waals surface area contributed by atoms with E-state index in [1.807, 2.05) is 24.3 Å². The van der Waals surface area contributed by atoms with E-state index in [-0.39, 0.29) is 0 Å². The summed E-state index contributed by atoms with van der Waals surface area (Å²) in [6, 6.07) is 7.45. The number of hydrogen-bond acceptors (Lipinski definition) is 1. The van der Waals surface area contributed by atoms with E-state index in [1.165, 1.54) is 19.3 Å². The first-order valence-electron chi connectivity index (χ1n) is 5.52. The number of ether oxygens (including phenoxy) is 1. The highest BCUT2D eigenvalue weighted by atomic mass is 16.5. The van der Waals surface area contributed by atoms with E-state index in [1.54, 1.807) is 0 Å². The number of rotatable bonds is 6. The Morgan fingerprint density at radius 3 is 2.47 bits per heavy atom. The van der Waals surface area contributed by atoms with Crippen LogP contribution in [-0.4, -0.2) is 6.61 Å². The second kappa shape index (κ2) is 6.95. The zero-order valence-corrected chi connectivity index (χ0v) is 9.25. The van der Waals surface area contributed by atoms with Gasteiger partial charge in [0.25, 0.3) is 0 Å². The molecule has 0 N–H and O–H groups in total. The summed E-state index contributed by atoms with van der Waals surface area (Å²) in [5.41, 5.74) is 0.785. The molecule has 0 saturated heterocycles. The van der Waals surface area contributed by atoms with Crippen LogP contribution in [0.5, 0.6) is 5.75 Å². The molecule has 0 unspecified atom stereocenters. The van der Waals surface area contributed by atoms with E-state index in [9.17, 15) is 0 Å². The van der Waals surface area contributed by atoms with E-state index in [0.29, 0.717) is 0 Å². The Morgan fingerprint density at radius 2 is 1.87 bits per heavy atom. The van der Waals surface area contributed by atoms with Crippen LogP contribution < -0.4 is 4.74 Å². The topological polar surface area (TPSA) is 9.23 Å². The Labute approximate surface area is 92.5 Å². The fraction of sp³-hybridized carbons (Fsp3) is 0.429. The second-order valence-corrected chi connectivity index (χ2v) is 3.56. The first-order valence-corrected chi connectivity index (χ1v) is 5.52. The molecule has 0 spiro atoms. The van der Waals surface area contributed by atoms with Crippen molar-refractivity contribution in [2.24, 2.45) is 0 Å². The lowest BCUT2D eigenvalue weighted by Crippen LogP contribution is -1.96. The van der Waals surface area contributed by atoms with Crippen LogP contribution in [0.2, 0.25) is 0 Å². The van der Waals surface area contributed by atoms with E-state index < -0.39 is 0 Å². The van der Waals surface area contributed by atoms with Crippen LogP contribution in [0.3, 0.4) is 0 Å². The molecule has 0 atom stereocenters. The summed E-state index contributed by atoms with van der Waals surface area (Å²) in [6.45, 7) is 2.99. The number of hydrogen-bond donors (Lipinski definition) is 0. The van der Waals surface area contributed by atoms with Crippen LogP contribution in [0, 0.1) is 12.3 Å². The quantitative estimate of drug-likeness (QED) is 0.505. The van der Waals surface area contributed by atoms with Crippen LogP contribution in [0.25, 0.3) is 0 Å². The van der Waals surface area contributed by atoms with Crippen LogP contribution in [0.1, 0.15) is 38.2 Å². The van der Waals surface area contributed by atoms with Crippen molar-refractivity contribution in [2.45, 2.75) is 32.6 Å². The van der Waals surface area contributed by atoms with E-state index >= 15 is 0 Å². The molecule has 1 radical (unpaired) electrons. The van der Waals surface area contributed by atoms with Gasteiger partial charge in [0.15, 0.2) is 0 Å². The predicted octanol–water partition coefficient (Wildman–Crippen LogP) is 3.58. The highest BCUT2D eigenvalue weighted by molar-refractivity contribution is 5.35. The maximum Gasteiger partial charge on any atom is 0.119 e. The van der Waals surface area contributed by atoms with Crippen molar-refractivity contribution in [1.29, 1.82) is 0 Å². The summed E-state index contributed by atoms with van der Waals surface area (Å²) in [7, 11) is 0. The predicted molar refractivity (Wildman–Crippen MR) is 62.3 cm³/mol. The van der Waals surface area contributed by atoms with Gasteiger partial charge in [0.1, 0.15) is 5.75 Å². The Bertz CT molecular complexity index is 305. The summed E-state index contributed by atoms with van der Waals surface area (Å²) < 4.78 is 5.56. The van der Waals surface area contributed by atoms with Gasteiger partial charge in [-0.2, -0.15) is 0 Å². The third-order valence-corrected chi connectivity index (χ3v) is 2.27. The SMILES string of the molecule is [C]#Cc1ccc(OCCCCCC)cc1. The van der Waals surface area contributed by atoms with Crippen LogP contribution in [0.4, 0.5) is 0 Å². The molecule has 1 rings (SSSR count). The number of unbranched alkanes of at least 4 members (excludes halogenated alkanes) is 3. The van der Waals surface area contributed by atoms with Crippen molar-refractivity contribution in [1.82, 2.24) is 0 Å². The normalized spacial score (nSPS) is 9.60. The molecule has 1 aromatic carbocycles. The van der Waals surface area contributed by atoms with Gasteiger partial charge < -0.3 is 4.74 Å². The maximum atomic E-state index is 6.94. The van der Waals surface area contributed by atoms with Crippen molar-refractivity contribution in [3.63, 3.8) is 0 Å². The fourth-order valence-electron chi connectivity index (χ4n) is 1.35. The van der Waals surface area contributed by atoms with E-state index in [0.717, 1.165) is 24.3 Å². The smallest absolute Gasteiger partial charge is 0.119 e. The summed E-state index contributed by atoms with van der Waals surface area (Å²) in [5.74, 6) is 3.21. The average molecular weight is 201 g/mol. The first-order chi connectivity index (χ1) is 7.36. The van der Waals surface area contributed by atoms with Crippen molar-refractivity contribution in [3.05, 3.63) is 36.3 Å². The van der Waals surface area contributed by atoms with Gasteiger partial charge >= 0.3 is 0 Å².